The topological polar surface area (TPSA) is 49.9 Å². The van der Waals surface area contributed by atoms with Gasteiger partial charge in [-0.15, -0.1) is 0 Å². The number of ether oxygens (including phenoxy) is 1. The van der Waals surface area contributed by atoms with Crippen molar-refractivity contribution in [3.05, 3.63) is 90.2 Å². The van der Waals surface area contributed by atoms with Crippen molar-refractivity contribution in [1.29, 1.82) is 0 Å². The first kappa shape index (κ1) is 21.6. The predicted octanol–water partition coefficient (Wildman–Crippen LogP) is 5.12. The Morgan fingerprint density at radius 3 is 2.34 bits per heavy atom. The second-order valence-corrected chi connectivity index (χ2v) is 7.89. The molecule has 0 aliphatic carbocycles. The molecule has 0 bridgehead atoms. The number of halogens is 1. The molecule has 0 unspecified atom stereocenters. The van der Waals surface area contributed by atoms with Crippen molar-refractivity contribution < 1.29 is 18.7 Å². The number of benzene rings is 3. The normalized spacial score (nSPS) is 17.4. The third-order valence-corrected chi connectivity index (χ3v) is 5.69. The van der Waals surface area contributed by atoms with Crippen LogP contribution >= 0.6 is 0 Å². The van der Waals surface area contributed by atoms with Crippen molar-refractivity contribution >= 4 is 23.2 Å². The van der Waals surface area contributed by atoms with Gasteiger partial charge in [-0.2, -0.15) is 0 Å². The first-order valence-electron chi connectivity index (χ1n) is 10.6. The van der Waals surface area contributed by atoms with E-state index in [-0.39, 0.29) is 36.3 Å². The highest BCUT2D eigenvalue weighted by Gasteiger charge is 2.37. The molecule has 4 rings (SSSR count). The Kier molecular flexibility index (Phi) is 6.21. The van der Waals surface area contributed by atoms with E-state index in [0.717, 1.165) is 16.9 Å². The van der Waals surface area contributed by atoms with Crippen molar-refractivity contribution in [3.8, 4) is 5.75 Å². The molecule has 0 aromatic heterocycles. The molecular formula is C26H25FN2O3. The summed E-state index contributed by atoms with van der Waals surface area (Å²) in [4.78, 5) is 29.3. The van der Waals surface area contributed by atoms with Gasteiger partial charge in [-0.25, -0.2) is 4.39 Å². The van der Waals surface area contributed by atoms with Gasteiger partial charge in [0, 0.05) is 24.3 Å². The van der Waals surface area contributed by atoms with E-state index < -0.39 is 0 Å². The van der Waals surface area contributed by atoms with Crippen LogP contribution in [0.4, 0.5) is 15.8 Å². The van der Waals surface area contributed by atoms with E-state index in [4.69, 9.17) is 4.74 Å². The number of carbonyl (C=O) groups is 2. The van der Waals surface area contributed by atoms with E-state index in [1.165, 1.54) is 24.3 Å². The Labute approximate surface area is 187 Å². The zero-order valence-corrected chi connectivity index (χ0v) is 18.1. The third-order valence-electron chi connectivity index (χ3n) is 5.69. The van der Waals surface area contributed by atoms with Crippen LogP contribution in [0.3, 0.4) is 0 Å². The van der Waals surface area contributed by atoms with Crippen molar-refractivity contribution in [2.24, 2.45) is 0 Å². The number of para-hydroxylation sites is 2. The summed E-state index contributed by atoms with van der Waals surface area (Å²) in [6.45, 7) is 3.36. The van der Waals surface area contributed by atoms with Crippen molar-refractivity contribution in [2.45, 2.75) is 32.4 Å². The maximum atomic E-state index is 13.5. The lowest BCUT2D eigenvalue weighted by Crippen LogP contribution is -2.48. The molecular weight excluding hydrogens is 407 g/mol. The van der Waals surface area contributed by atoms with Gasteiger partial charge in [-0.05, 0) is 61.4 Å². The van der Waals surface area contributed by atoms with E-state index in [0.29, 0.717) is 12.2 Å². The Hall–Kier alpha value is -3.67. The summed E-state index contributed by atoms with van der Waals surface area (Å²) in [5.74, 6) is -0.185. The van der Waals surface area contributed by atoms with Gasteiger partial charge < -0.3 is 14.5 Å². The molecule has 0 saturated heterocycles. The molecule has 0 saturated carbocycles. The van der Waals surface area contributed by atoms with Crippen LogP contribution in [-0.4, -0.2) is 24.5 Å². The third kappa shape index (κ3) is 4.35. The Bertz CT molecular complexity index is 1100. The largest absolute Gasteiger partial charge is 0.484 e. The Morgan fingerprint density at radius 2 is 1.66 bits per heavy atom. The number of amides is 2. The van der Waals surface area contributed by atoms with Gasteiger partial charge in [-0.1, -0.05) is 36.4 Å². The van der Waals surface area contributed by atoms with E-state index in [1.54, 1.807) is 16.7 Å². The summed E-state index contributed by atoms with van der Waals surface area (Å²) in [7, 11) is 0. The lowest BCUT2D eigenvalue weighted by molar-refractivity contribution is -0.121. The van der Waals surface area contributed by atoms with E-state index in [9.17, 15) is 14.0 Å². The van der Waals surface area contributed by atoms with E-state index in [2.05, 4.69) is 0 Å². The van der Waals surface area contributed by atoms with Gasteiger partial charge in [0.15, 0.2) is 6.61 Å². The molecule has 164 valence electrons. The van der Waals surface area contributed by atoms with Crippen LogP contribution in [-0.2, 0) is 9.59 Å². The van der Waals surface area contributed by atoms with Gasteiger partial charge in [0.05, 0.1) is 6.04 Å². The number of anilines is 2. The van der Waals surface area contributed by atoms with Crippen molar-refractivity contribution in [3.63, 3.8) is 0 Å². The number of carbonyl (C=O) groups excluding carboxylic acids is 2. The summed E-state index contributed by atoms with van der Waals surface area (Å²) >= 11 is 0. The minimum atomic E-state index is -0.364. The molecule has 6 heteroatoms. The minimum absolute atomic E-state index is 0.0272. The van der Waals surface area contributed by atoms with Gasteiger partial charge in [0.2, 0.25) is 5.91 Å². The molecule has 3 aromatic rings. The minimum Gasteiger partial charge on any atom is -0.484 e. The average molecular weight is 432 g/mol. The fourth-order valence-electron chi connectivity index (χ4n) is 4.34. The highest BCUT2D eigenvalue weighted by Crippen LogP contribution is 2.42. The molecule has 0 spiro atoms. The van der Waals surface area contributed by atoms with Gasteiger partial charge in [0.25, 0.3) is 5.91 Å². The molecule has 1 aliphatic rings. The zero-order valence-electron chi connectivity index (χ0n) is 18.1. The van der Waals surface area contributed by atoms with E-state index in [1.807, 2.05) is 61.5 Å². The fourth-order valence-corrected chi connectivity index (χ4v) is 4.34. The zero-order chi connectivity index (χ0) is 22.7. The van der Waals surface area contributed by atoms with Crippen LogP contribution in [0.1, 0.15) is 31.9 Å². The van der Waals surface area contributed by atoms with Gasteiger partial charge in [0.1, 0.15) is 11.6 Å². The molecule has 2 amide bonds. The number of hydrogen-bond acceptors (Lipinski definition) is 3. The Balaban J connectivity index is 1.69. The number of fused-ring (bicyclic) bond motifs is 1. The van der Waals surface area contributed by atoms with Gasteiger partial charge in [-0.3, -0.25) is 9.59 Å². The monoisotopic (exact) mass is 432 g/mol. The highest BCUT2D eigenvalue weighted by atomic mass is 19.1. The molecule has 32 heavy (non-hydrogen) atoms. The molecule has 3 aromatic carbocycles. The maximum Gasteiger partial charge on any atom is 0.265 e. The van der Waals surface area contributed by atoms with Crippen LogP contribution in [0.2, 0.25) is 0 Å². The molecule has 5 nitrogen and oxygen atoms in total. The summed E-state index contributed by atoms with van der Waals surface area (Å²) in [5, 5.41) is 0. The first-order chi connectivity index (χ1) is 15.5. The average Bonchev–Trinajstić information content (AvgIpc) is 2.79. The smallest absolute Gasteiger partial charge is 0.265 e. The molecule has 1 aliphatic heterocycles. The number of rotatable bonds is 5. The second kappa shape index (κ2) is 9.22. The van der Waals surface area contributed by atoms with Crippen LogP contribution in [0.15, 0.2) is 78.9 Å². The van der Waals surface area contributed by atoms with Crippen molar-refractivity contribution in [2.75, 3.05) is 16.4 Å². The SMILES string of the molecule is CC(=O)N1c2ccccc2[C@@H](N(C(=O)COc2ccc(F)cc2)c2ccccc2)C[C@@H]1C. The summed E-state index contributed by atoms with van der Waals surface area (Å²) in [5.41, 5.74) is 2.49. The molecule has 0 N–H and O–H groups in total. The maximum absolute atomic E-state index is 13.5. The van der Waals surface area contributed by atoms with Crippen molar-refractivity contribution in [1.82, 2.24) is 0 Å². The quantitative estimate of drug-likeness (QED) is 0.562. The lowest BCUT2D eigenvalue weighted by Gasteiger charge is -2.43. The van der Waals surface area contributed by atoms with Crippen LogP contribution in [0.5, 0.6) is 5.75 Å². The first-order valence-corrected chi connectivity index (χ1v) is 10.6. The summed E-state index contributed by atoms with van der Waals surface area (Å²) < 4.78 is 18.9. The number of hydrogen-bond donors (Lipinski definition) is 0. The van der Waals surface area contributed by atoms with Crippen LogP contribution in [0, 0.1) is 5.82 Å². The van der Waals surface area contributed by atoms with E-state index >= 15 is 0 Å². The molecule has 2 atom stereocenters. The lowest BCUT2D eigenvalue weighted by atomic mass is 9.90. The van der Waals surface area contributed by atoms with Crippen LogP contribution in [0.25, 0.3) is 0 Å². The summed E-state index contributed by atoms with van der Waals surface area (Å²) in [6, 6.07) is 22.4. The Morgan fingerprint density at radius 1 is 1.00 bits per heavy atom. The molecule has 0 radical (unpaired) electrons. The highest BCUT2D eigenvalue weighted by molar-refractivity contribution is 5.98. The summed E-state index contributed by atoms with van der Waals surface area (Å²) in [6.07, 6.45) is 0.591. The van der Waals surface area contributed by atoms with Crippen LogP contribution < -0.4 is 14.5 Å². The molecule has 0 fully saturated rings. The second-order valence-electron chi connectivity index (χ2n) is 7.89. The fraction of sp³-hybridized carbons (Fsp3) is 0.231. The molecule has 1 heterocycles. The predicted molar refractivity (Wildman–Crippen MR) is 122 cm³/mol. The number of nitrogens with zero attached hydrogens (tertiary/aromatic N) is 2. The standard InChI is InChI=1S/C26H25FN2O3/c1-18-16-25(23-10-6-7-11-24(23)28(18)19(2)30)29(21-8-4-3-5-9-21)26(31)17-32-22-14-12-20(27)13-15-22/h3-15,18,25H,16-17H2,1-2H3/t18-,25-/m0/s1. The van der Waals surface area contributed by atoms with Gasteiger partial charge >= 0.3 is 0 Å².